The number of alkyl halides is 3. The Labute approximate surface area is 153 Å². The first kappa shape index (κ1) is 20.1. The zero-order valence-electron chi connectivity index (χ0n) is 14.1. The van der Waals surface area contributed by atoms with Gasteiger partial charge in [0.15, 0.2) is 0 Å². The predicted octanol–water partition coefficient (Wildman–Crippen LogP) is 3.84. The standard InChI is InChI=1S/C17H18ClF3N2O3/c1-11(9-26-10-17(19,20)21)22-16(24)12-7-13(18)14(8-15(12)25-2)23-5-3-4-6-23/h3-8,11H,9-10H2,1-2H3,(H,22,24). The van der Waals surface area contributed by atoms with Crippen LogP contribution in [0, 0.1) is 0 Å². The van der Waals surface area contributed by atoms with Crippen LogP contribution in [0.15, 0.2) is 36.7 Å². The van der Waals surface area contributed by atoms with Crippen LogP contribution in [0.1, 0.15) is 17.3 Å². The van der Waals surface area contributed by atoms with Gasteiger partial charge in [0, 0.05) is 24.5 Å². The maximum absolute atomic E-state index is 12.4. The van der Waals surface area contributed by atoms with Crippen molar-refractivity contribution in [2.75, 3.05) is 20.3 Å². The Morgan fingerprint density at radius 1 is 1.31 bits per heavy atom. The number of benzene rings is 1. The van der Waals surface area contributed by atoms with E-state index in [0.717, 1.165) is 0 Å². The van der Waals surface area contributed by atoms with Crippen molar-refractivity contribution >= 4 is 17.5 Å². The van der Waals surface area contributed by atoms with Gasteiger partial charge in [-0.2, -0.15) is 13.2 Å². The van der Waals surface area contributed by atoms with E-state index in [-0.39, 0.29) is 12.2 Å². The topological polar surface area (TPSA) is 52.5 Å². The van der Waals surface area contributed by atoms with Crippen LogP contribution in [0.25, 0.3) is 5.69 Å². The molecule has 9 heteroatoms. The lowest BCUT2D eigenvalue weighted by atomic mass is 10.1. The minimum Gasteiger partial charge on any atom is -0.496 e. The molecule has 0 aliphatic rings. The number of carbonyl (C=O) groups excluding carboxylic acids is 1. The van der Waals surface area contributed by atoms with Gasteiger partial charge in [0.2, 0.25) is 0 Å². The molecular formula is C17H18ClF3N2O3. The predicted molar refractivity (Wildman–Crippen MR) is 91.1 cm³/mol. The van der Waals surface area contributed by atoms with E-state index >= 15 is 0 Å². The van der Waals surface area contributed by atoms with E-state index in [4.69, 9.17) is 16.3 Å². The number of nitrogens with one attached hydrogen (secondary N) is 1. The Bertz CT molecular complexity index is 748. The molecule has 26 heavy (non-hydrogen) atoms. The van der Waals surface area contributed by atoms with Crippen molar-refractivity contribution in [2.24, 2.45) is 0 Å². The number of carbonyl (C=O) groups is 1. The van der Waals surface area contributed by atoms with Crippen molar-refractivity contribution in [1.29, 1.82) is 0 Å². The molecule has 1 amide bonds. The first-order valence-electron chi connectivity index (χ1n) is 7.67. The summed E-state index contributed by atoms with van der Waals surface area (Å²) in [5, 5.41) is 2.89. The van der Waals surface area contributed by atoms with Gasteiger partial charge in [-0.25, -0.2) is 0 Å². The van der Waals surface area contributed by atoms with Gasteiger partial charge in [-0.15, -0.1) is 0 Å². The Balaban J connectivity index is 2.09. The fraction of sp³-hybridized carbons (Fsp3) is 0.353. The van der Waals surface area contributed by atoms with Gasteiger partial charge < -0.3 is 19.4 Å². The number of nitrogens with zero attached hydrogens (tertiary/aromatic N) is 1. The zero-order valence-corrected chi connectivity index (χ0v) is 14.9. The fourth-order valence-corrected chi connectivity index (χ4v) is 2.54. The van der Waals surface area contributed by atoms with Crippen LogP contribution in [0.4, 0.5) is 13.2 Å². The van der Waals surface area contributed by atoms with Crippen LogP contribution in [0.5, 0.6) is 5.75 Å². The van der Waals surface area contributed by atoms with E-state index < -0.39 is 24.7 Å². The molecule has 1 N–H and O–H groups in total. The molecule has 1 aromatic carbocycles. The van der Waals surface area contributed by atoms with E-state index in [1.165, 1.54) is 20.1 Å². The number of hydrogen-bond acceptors (Lipinski definition) is 3. The van der Waals surface area contributed by atoms with Crippen molar-refractivity contribution in [2.45, 2.75) is 19.1 Å². The molecule has 1 aromatic heterocycles. The van der Waals surface area contributed by atoms with E-state index in [1.54, 1.807) is 23.0 Å². The monoisotopic (exact) mass is 390 g/mol. The molecule has 0 spiro atoms. The van der Waals surface area contributed by atoms with Crippen LogP contribution in [0.3, 0.4) is 0 Å². The van der Waals surface area contributed by atoms with E-state index in [1.807, 2.05) is 12.1 Å². The van der Waals surface area contributed by atoms with Crippen molar-refractivity contribution in [1.82, 2.24) is 9.88 Å². The van der Waals surface area contributed by atoms with Gasteiger partial charge in [-0.05, 0) is 25.1 Å². The number of rotatable bonds is 7. The summed E-state index contributed by atoms with van der Waals surface area (Å²) >= 11 is 6.26. The van der Waals surface area contributed by atoms with Crippen LogP contribution in [-0.4, -0.2) is 43.0 Å². The number of halogens is 4. The normalized spacial score (nSPS) is 12.7. The van der Waals surface area contributed by atoms with Crippen molar-refractivity contribution in [3.05, 3.63) is 47.2 Å². The number of amides is 1. The van der Waals surface area contributed by atoms with Crippen molar-refractivity contribution in [3.8, 4) is 11.4 Å². The lowest BCUT2D eigenvalue weighted by Gasteiger charge is -2.17. The van der Waals surface area contributed by atoms with Gasteiger partial charge >= 0.3 is 6.18 Å². The molecule has 0 aliphatic heterocycles. The number of methoxy groups -OCH3 is 1. The summed E-state index contributed by atoms with van der Waals surface area (Å²) in [5.74, 6) is -0.232. The average molecular weight is 391 g/mol. The molecule has 1 heterocycles. The summed E-state index contributed by atoms with van der Waals surface area (Å²) in [6, 6.07) is 6.09. The first-order valence-corrected chi connectivity index (χ1v) is 8.05. The minimum atomic E-state index is -4.41. The highest BCUT2D eigenvalue weighted by atomic mass is 35.5. The second-order valence-corrected chi connectivity index (χ2v) is 6.01. The average Bonchev–Trinajstić information content (AvgIpc) is 3.07. The first-order chi connectivity index (χ1) is 12.2. The van der Waals surface area contributed by atoms with Crippen LogP contribution >= 0.6 is 11.6 Å². The van der Waals surface area contributed by atoms with E-state index in [0.29, 0.717) is 16.5 Å². The fourth-order valence-electron chi connectivity index (χ4n) is 2.28. The number of aromatic nitrogens is 1. The molecule has 0 saturated heterocycles. The molecule has 0 aliphatic carbocycles. The van der Waals surface area contributed by atoms with Crippen molar-refractivity contribution in [3.63, 3.8) is 0 Å². The third kappa shape index (κ3) is 5.40. The highest BCUT2D eigenvalue weighted by molar-refractivity contribution is 6.33. The molecule has 0 fully saturated rings. The van der Waals surface area contributed by atoms with Gasteiger partial charge in [-0.3, -0.25) is 4.79 Å². The van der Waals surface area contributed by atoms with E-state index in [9.17, 15) is 18.0 Å². The molecule has 5 nitrogen and oxygen atoms in total. The Morgan fingerprint density at radius 2 is 1.96 bits per heavy atom. The molecule has 1 unspecified atom stereocenters. The SMILES string of the molecule is COc1cc(-n2cccc2)c(Cl)cc1C(=O)NC(C)COCC(F)(F)F. The molecule has 0 bridgehead atoms. The number of ether oxygens (including phenoxy) is 2. The largest absolute Gasteiger partial charge is 0.496 e. The molecule has 0 radical (unpaired) electrons. The Morgan fingerprint density at radius 3 is 2.54 bits per heavy atom. The summed E-state index contributed by atoms with van der Waals surface area (Å²) in [7, 11) is 1.41. The van der Waals surface area contributed by atoms with Gasteiger partial charge in [-0.1, -0.05) is 11.6 Å². The Hall–Kier alpha value is -2.19. The summed E-state index contributed by atoms with van der Waals surface area (Å²) in [4.78, 5) is 12.4. The lowest BCUT2D eigenvalue weighted by Crippen LogP contribution is -2.37. The maximum atomic E-state index is 12.4. The third-order valence-corrected chi connectivity index (χ3v) is 3.71. The summed E-state index contributed by atoms with van der Waals surface area (Å²) in [6.07, 6.45) is -0.824. The van der Waals surface area contributed by atoms with E-state index in [2.05, 4.69) is 10.1 Å². The van der Waals surface area contributed by atoms with Crippen LogP contribution < -0.4 is 10.1 Å². The minimum absolute atomic E-state index is 0.177. The molecular weight excluding hydrogens is 373 g/mol. The molecule has 0 saturated carbocycles. The quantitative estimate of drug-likeness (QED) is 0.781. The van der Waals surface area contributed by atoms with Gasteiger partial charge in [0.1, 0.15) is 12.4 Å². The highest BCUT2D eigenvalue weighted by Crippen LogP contribution is 2.30. The van der Waals surface area contributed by atoms with Gasteiger partial charge in [0.05, 0.1) is 30.0 Å². The molecule has 2 aromatic rings. The summed E-state index contributed by atoms with van der Waals surface area (Å²) < 4.78 is 47.8. The lowest BCUT2D eigenvalue weighted by molar-refractivity contribution is -0.174. The molecule has 2 rings (SSSR count). The second kappa shape index (κ2) is 8.46. The number of hydrogen-bond donors (Lipinski definition) is 1. The van der Waals surface area contributed by atoms with Crippen LogP contribution in [-0.2, 0) is 4.74 Å². The zero-order chi connectivity index (χ0) is 19.3. The molecule has 142 valence electrons. The second-order valence-electron chi connectivity index (χ2n) is 5.60. The maximum Gasteiger partial charge on any atom is 0.411 e. The molecule has 1 atom stereocenters. The highest BCUT2D eigenvalue weighted by Gasteiger charge is 2.28. The Kier molecular flexibility index (Phi) is 6.55. The smallest absolute Gasteiger partial charge is 0.411 e. The summed E-state index contributed by atoms with van der Waals surface area (Å²) in [6.45, 7) is -0.104. The van der Waals surface area contributed by atoms with Gasteiger partial charge in [0.25, 0.3) is 5.91 Å². The summed E-state index contributed by atoms with van der Waals surface area (Å²) in [5.41, 5.74) is 0.808. The van der Waals surface area contributed by atoms with Crippen LogP contribution in [0.2, 0.25) is 5.02 Å². The third-order valence-electron chi connectivity index (χ3n) is 3.41. The van der Waals surface area contributed by atoms with Crippen molar-refractivity contribution < 1.29 is 27.4 Å².